The van der Waals surface area contributed by atoms with Crippen LogP contribution in [0.3, 0.4) is 0 Å². The average Bonchev–Trinajstić information content (AvgIpc) is 2.54. The van der Waals surface area contributed by atoms with E-state index in [1.54, 1.807) is 0 Å². The molecule has 1 aromatic rings. The van der Waals surface area contributed by atoms with Gasteiger partial charge < -0.3 is 10.1 Å². The topological polar surface area (TPSA) is 62.4 Å². The van der Waals surface area contributed by atoms with Crippen LogP contribution >= 0.6 is 12.2 Å². The summed E-state index contributed by atoms with van der Waals surface area (Å²) in [6.07, 6.45) is 4.84. The van der Waals surface area contributed by atoms with E-state index in [0.717, 1.165) is 23.3 Å². The third-order valence-corrected chi connectivity index (χ3v) is 4.72. The molecule has 0 unspecified atom stereocenters. The van der Waals surface area contributed by atoms with Gasteiger partial charge in [-0.05, 0) is 56.0 Å². The summed E-state index contributed by atoms with van der Waals surface area (Å²) in [5.74, 6) is 1.09. The second-order valence-corrected chi connectivity index (χ2v) is 6.93. The van der Waals surface area contributed by atoms with Crippen molar-refractivity contribution in [1.82, 2.24) is 16.2 Å². The van der Waals surface area contributed by atoms with Gasteiger partial charge in [-0.1, -0.05) is 38.0 Å². The zero-order valence-corrected chi connectivity index (χ0v) is 15.5. The number of hydrogen-bond donors (Lipinski definition) is 3. The number of benzene rings is 1. The van der Waals surface area contributed by atoms with E-state index in [2.05, 4.69) is 23.1 Å². The van der Waals surface area contributed by atoms with Gasteiger partial charge in [0.05, 0.1) is 0 Å². The number of rotatable bonds is 4. The fourth-order valence-electron chi connectivity index (χ4n) is 3.06. The van der Waals surface area contributed by atoms with Crippen molar-refractivity contribution < 1.29 is 9.53 Å². The van der Waals surface area contributed by atoms with Crippen molar-refractivity contribution in [3.63, 3.8) is 0 Å². The summed E-state index contributed by atoms with van der Waals surface area (Å²) in [5.41, 5.74) is 7.36. The van der Waals surface area contributed by atoms with Crippen LogP contribution in [-0.2, 0) is 4.79 Å². The Kier molecular flexibility index (Phi) is 6.85. The minimum Gasteiger partial charge on any atom is -0.483 e. The molecule has 132 valence electrons. The zero-order valence-electron chi connectivity index (χ0n) is 14.6. The Hall–Kier alpha value is -1.82. The van der Waals surface area contributed by atoms with Crippen LogP contribution in [-0.4, -0.2) is 23.7 Å². The van der Waals surface area contributed by atoms with Crippen molar-refractivity contribution in [2.45, 2.75) is 52.5 Å². The van der Waals surface area contributed by atoms with E-state index >= 15 is 0 Å². The number of para-hydroxylation sites is 1. The zero-order chi connectivity index (χ0) is 17.5. The molecule has 0 aromatic heterocycles. The summed E-state index contributed by atoms with van der Waals surface area (Å²) < 4.78 is 5.61. The molecule has 1 saturated carbocycles. The summed E-state index contributed by atoms with van der Waals surface area (Å²) in [7, 11) is 0. The molecule has 1 aromatic carbocycles. The highest BCUT2D eigenvalue weighted by molar-refractivity contribution is 7.80. The molecule has 0 heterocycles. The van der Waals surface area contributed by atoms with Gasteiger partial charge in [-0.15, -0.1) is 0 Å². The SMILES string of the molecule is Cc1cccc(C)c1OCC(=O)NNC(=S)N[C@H]1CCCC[C@H]1C. The number of thiocarbonyl (C=S) groups is 1. The van der Waals surface area contributed by atoms with Crippen molar-refractivity contribution in [2.75, 3.05) is 6.61 Å². The quantitative estimate of drug-likeness (QED) is 0.576. The number of ether oxygens (including phenoxy) is 1. The van der Waals surface area contributed by atoms with Gasteiger partial charge in [0.15, 0.2) is 11.7 Å². The van der Waals surface area contributed by atoms with Gasteiger partial charge in [0.25, 0.3) is 5.91 Å². The average molecular weight is 350 g/mol. The fourth-order valence-corrected chi connectivity index (χ4v) is 3.26. The lowest BCUT2D eigenvalue weighted by atomic mass is 9.86. The van der Waals surface area contributed by atoms with Crippen molar-refractivity contribution in [1.29, 1.82) is 0 Å². The standard InChI is InChI=1S/C18H27N3O2S/c1-12-7-4-5-10-15(12)19-18(24)21-20-16(22)11-23-17-13(2)8-6-9-14(17)3/h6,8-9,12,15H,4-5,7,10-11H2,1-3H3,(H,20,22)(H2,19,21,24)/t12-,15+/m1/s1. The molecule has 0 saturated heterocycles. The molecule has 0 radical (unpaired) electrons. The minimum atomic E-state index is -0.265. The first-order chi connectivity index (χ1) is 11.5. The van der Waals surface area contributed by atoms with E-state index in [1.807, 2.05) is 32.0 Å². The molecular formula is C18H27N3O2S. The lowest BCUT2D eigenvalue weighted by Crippen LogP contribution is -2.52. The maximum Gasteiger partial charge on any atom is 0.276 e. The predicted octanol–water partition coefficient (Wildman–Crippen LogP) is 2.76. The lowest BCUT2D eigenvalue weighted by molar-refractivity contribution is -0.123. The molecule has 1 amide bonds. The van der Waals surface area contributed by atoms with E-state index in [9.17, 15) is 4.79 Å². The highest BCUT2D eigenvalue weighted by Gasteiger charge is 2.21. The molecule has 1 aliphatic rings. The molecule has 24 heavy (non-hydrogen) atoms. The number of amides is 1. The van der Waals surface area contributed by atoms with E-state index in [-0.39, 0.29) is 12.5 Å². The highest BCUT2D eigenvalue weighted by Crippen LogP contribution is 2.23. The summed E-state index contributed by atoms with van der Waals surface area (Å²) in [6.45, 7) is 6.10. The van der Waals surface area contributed by atoms with E-state index in [0.29, 0.717) is 17.1 Å². The maximum absolute atomic E-state index is 11.9. The van der Waals surface area contributed by atoms with Crippen molar-refractivity contribution in [3.05, 3.63) is 29.3 Å². The van der Waals surface area contributed by atoms with Gasteiger partial charge >= 0.3 is 0 Å². The third-order valence-electron chi connectivity index (χ3n) is 4.50. The van der Waals surface area contributed by atoms with Crippen LogP contribution in [0.2, 0.25) is 0 Å². The molecule has 6 heteroatoms. The van der Waals surface area contributed by atoms with Gasteiger partial charge in [-0.2, -0.15) is 0 Å². The summed E-state index contributed by atoms with van der Waals surface area (Å²) in [6, 6.07) is 6.27. The second kappa shape index (κ2) is 8.87. The van der Waals surface area contributed by atoms with Crippen LogP contribution < -0.4 is 20.9 Å². The molecule has 5 nitrogen and oxygen atoms in total. The predicted molar refractivity (Wildman–Crippen MR) is 99.8 cm³/mol. The maximum atomic E-state index is 11.9. The van der Waals surface area contributed by atoms with Crippen LogP contribution in [0.15, 0.2) is 18.2 Å². The Morgan fingerprint density at radius 1 is 1.21 bits per heavy atom. The number of hydrazine groups is 1. The highest BCUT2D eigenvalue weighted by atomic mass is 32.1. The molecule has 1 fully saturated rings. The lowest BCUT2D eigenvalue weighted by Gasteiger charge is -2.30. The molecule has 0 bridgehead atoms. The van der Waals surface area contributed by atoms with Gasteiger partial charge in [-0.3, -0.25) is 15.6 Å². The largest absolute Gasteiger partial charge is 0.483 e. The number of aryl methyl sites for hydroxylation is 2. The molecule has 0 spiro atoms. The van der Waals surface area contributed by atoms with E-state index in [4.69, 9.17) is 17.0 Å². The Bertz CT molecular complexity index is 571. The Morgan fingerprint density at radius 2 is 1.88 bits per heavy atom. The van der Waals surface area contributed by atoms with Gasteiger partial charge in [-0.25, -0.2) is 0 Å². The van der Waals surface area contributed by atoms with Gasteiger partial charge in [0.1, 0.15) is 5.75 Å². The first-order valence-electron chi connectivity index (χ1n) is 8.51. The molecule has 2 atom stereocenters. The van der Waals surface area contributed by atoms with E-state index in [1.165, 1.54) is 19.3 Å². The molecule has 0 aliphatic heterocycles. The van der Waals surface area contributed by atoms with Crippen molar-refractivity contribution >= 4 is 23.2 Å². The molecule has 1 aliphatic carbocycles. The van der Waals surface area contributed by atoms with Crippen LogP contribution in [0, 0.1) is 19.8 Å². The molecular weight excluding hydrogens is 322 g/mol. The molecule has 3 N–H and O–H groups in total. The van der Waals surface area contributed by atoms with Crippen LogP contribution in [0.4, 0.5) is 0 Å². The Balaban J connectivity index is 1.72. The van der Waals surface area contributed by atoms with E-state index < -0.39 is 0 Å². The number of carbonyl (C=O) groups is 1. The first kappa shape index (κ1) is 18.5. The number of nitrogens with one attached hydrogen (secondary N) is 3. The van der Waals surface area contributed by atoms with Crippen molar-refractivity contribution in [3.8, 4) is 5.75 Å². The Labute approximate surface area is 149 Å². The fraction of sp³-hybridized carbons (Fsp3) is 0.556. The third kappa shape index (κ3) is 5.37. The summed E-state index contributed by atoms with van der Waals surface area (Å²) in [4.78, 5) is 11.9. The van der Waals surface area contributed by atoms with Crippen LogP contribution in [0.5, 0.6) is 5.75 Å². The van der Waals surface area contributed by atoms with Crippen LogP contribution in [0.1, 0.15) is 43.7 Å². The smallest absolute Gasteiger partial charge is 0.276 e. The Morgan fingerprint density at radius 3 is 2.54 bits per heavy atom. The van der Waals surface area contributed by atoms with Gasteiger partial charge in [0, 0.05) is 6.04 Å². The monoisotopic (exact) mass is 349 g/mol. The number of carbonyl (C=O) groups excluding carboxylic acids is 1. The minimum absolute atomic E-state index is 0.0544. The van der Waals surface area contributed by atoms with Gasteiger partial charge in [0.2, 0.25) is 0 Å². The number of hydrogen-bond acceptors (Lipinski definition) is 3. The molecule has 2 rings (SSSR count). The summed E-state index contributed by atoms with van der Waals surface area (Å²) in [5, 5.41) is 3.73. The second-order valence-electron chi connectivity index (χ2n) is 6.52. The summed E-state index contributed by atoms with van der Waals surface area (Å²) >= 11 is 5.25. The first-order valence-corrected chi connectivity index (χ1v) is 8.92. The normalized spacial score (nSPS) is 20.1. The van der Waals surface area contributed by atoms with Crippen molar-refractivity contribution in [2.24, 2.45) is 5.92 Å². The van der Waals surface area contributed by atoms with Crippen LogP contribution in [0.25, 0.3) is 0 Å².